The number of piperidine rings is 2. The van der Waals surface area contributed by atoms with Crippen LogP contribution in [0, 0.1) is 0 Å². The van der Waals surface area contributed by atoms with Crippen molar-refractivity contribution >= 4 is 58.5 Å². The lowest BCUT2D eigenvalue weighted by atomic mass is 10.0. The highest BCUT2D eigenvalue weighted by atomic mass is 35.5. The molecule has 15 heteroatoms. The standard InChI is InChI=1S/C22H18ClN5O2.C17H15ClN4O2/c23-18-11-24-8-5-17(18)19-12-25-13-20(26-19)27-9-6-14(7-10-27)28-21(29)15-3-1-2-4-16(15)22(28)30;18-14-9-19-10-15(20-14)21-7-5-11(6-8-21)22-16(23)12-3-1-2-4-13(12)17(22)24/h1-5,8,11-14H,6-7,9-10H2;1-4,9-11H,5-8H2. The van der Waals surface area contributed by atoms with Gasteiger partial charge in [-0.05, 0) is 56.0 Å². The van der Waals surface area contributed by atoms with Gasteiger partial charge < -0.3 is 9.80 Å². The van der Waals surface area contributed by atoms with Crippen LogP contribution in [0.25, 0.3) is 11.3 Å². The molecule has 4 aliphatic rings. The number of hydrogen-bond donors (Lipinski definition) is 0. The maximum absolute atomic E-state index is 12.7. The van der Waals surface area contributed by atoms with Crippen LogP contribution in [0.2, 0.25) is 10.2 Å². The third kappa shape index (κ3) is 6.65. The maximum atomic E-state index is 12.7. The zero-order valence-corrected chi connectivity index (χ0v) is 30.4. The Morgan fingerprint density at radius 1 is 0.500 bits per heavy atom. The maximum Gasteiger partial charge on any atom is 0.261 e. The molecule has 13 nitrogen and oxygen atoms in total. The average molecular weight is 763 g/mol. The Morgan fingerprint density at radius 3 is 1.39 bits per heavy atom. The van der Waals surface area contributed by atoms with Gasteiger partial charge in [0.1, 0.15) is 16.8 Å². The molecule has 0 saturated carbocycles. The topological polar surface area (TPSA) is 146 Å². The summed E-state index contributed by atoms with van der Waals surface area (Å²) in [5.74, 6) is 0.726. The van der Waals surface area contributed by atoms with Crippen molar-refractivity contribution in [1.29, 1.82) is 0 Å². The molecular weight excluding hydrogens is 729 g/mol. The number of aromatic nitrogens is 5. The SMILES string of the molecule is O=C1c2ccccc2C(=O)N1C1CCN(c2cncc(-c3ccncc3Cl)n2)CC1.O=C1c2ccccc2C(=O)N1C1CCN(c2cncc(Cl)n2)CC1. The molecule has 0 N–H and O–H groups in total. The molecule has 9 rings (SSSR count). The highest BCUT2D eigenvalue weighted by Crippen LogP contribution is 2.32. The van der Waals surface area contributed by atoms with Crippen molar-refractivity contribution in [3.05, 3.63) is 124 Å². The van der Waals surface area contributed by atoms with E-state index in [1.807, 2.05) is 6.07 Å². The van der Waals surface area contributed by atoms with Gasteiger partial charge in [0.25, 0.3) is 23.6 Å². The van der Waals surface area contributed by atoms with Crippen molar-refractivity contribution in [2.24, 2.45) is 0 Å². The lowest BCUT2D eigenvalue weighted by Crippen LogP contribution is -2.47. The first kappa shape index (κ1) is 35.3. The van der Waals surface area contributed by atoms with Crippen LogP contribution < -0.4 is 9.80 Å². The summed E-state index contributed by atoms with van der Waals surface area (Å²) in [7, 11) is 0. The van der Waals surface area contributed by atoms with Gasteiger partial charge in [0.05, 0.1) is 57.8 Å². The monoisotopic (exact) mass is 761 g/mol. The Bertz CT molecular complexity index is 2200. The van der Waals surface area contributed by atoms with E-state index in [1.54, 1.807) is 79.5 Å². The van der Waals surface area contributed by atoms with Crippen LogP contribution >= 0.6 is 23.2 Å². The van der Waals surface area contributed by atoms with Gasteiger partial charge in [-0.25, -0.2) is 9.97 Å². The van der Waals surface area contributed by atoms with Gasteiger partial charge in [0.2, 0.25) is 0 Å². The number of imide groups is 2. The first-order valence-corrected chi connectivity index (χ1v) is 18.4. The van der Waals surface area contributed by atoms with Crippen molar-refractivity contribution in [2.75, 3.05) is 36.0 Å². The van der Waals surface area contributed by atoms with E-state index in [0.717, 1.165) is 17.2 Å². The first-order valence-electron chi connectivity index (χ1n) is 17.6. The summed E-state index contributed by atoms with van der Waals surface area (Å²) in [6.45, 7) is 2.76. The molecule has 2 aromatic carbocycles. The van der Waals surface area contributed by atoms with Gasteiger partial charge in [-0.1, -0.05) is 47.5 Å². The Kier molecular flexibility index (Phi) is 9.74. The fraction of sp³-hybridized carbons (Fsp3) is 0.256. The number of fused-ring (bicyclic) bond motifs is 2. The van der Waals surface area contributed by atoms with Crippen molar-refractivity contribution < 1.29 is 19.2 Å². The quantitative estimate of drug-likeness (QED) is 0.199. The largest absolute Gasteiger partial charge is 0.355 e. The number of benzene rings is 2. The second-order valence-corrected chi connectivity index (χ2v) is 14.1. The molecule has 3 aromatic heterocycles. The Balaban J connectivity index is 0.000000157. The van der Waals surface area contributed by atoms with Gasteiger partial charge in [-0.15, -0.1) is 0 Å². The normalized spacial score (nSPS) is 17.4. The van der Waals surface area contributed by atoms with E-state index in [4.69, 9.17) is 28.2 Å². The predicted molar refractivity (Wildman–Crippen MR) is 202 cm³/mol. The summed E-state index contributed by atoms with van der Waals surface area (Å²) in [6, 6.07) is 15.6. The molecule has 2 saturated heterocycles. The summed E-state index contributed by atoms with van der Waals surface area (Å²) < 4.78 is 0. The summed E-state index contributed by atoms with van der Waals surface area (Å²) in [5, 5.41) is 0.878. The van der Waals surface area contributed by atoms with E-state index in [9.17, 15) is 19.2 Å². The van der Waals surface area contributed by atoms with E-state index in [1.165, 1.54) is 16.0 Å². The Labute approximate surface area is 320 Å². The molecular formula is C39H33Cl2N9O4. The number of amides is 4. The number of nitrogens with zero attached hydrogens (tertiary/aromatic N) is 9. The number of halogens is 2. The molecule has 0 aliphatic carbocycles. The molecule has 7 heterocycles. The average Bonchev–Trinajstić information content (AvgIpc) is 3.62. The number of carbonyl (C=O) groups excluding carboxylic acids is 4. The van der Waals surface area contributed by atoms with E-state index in [0.29, 0.717) is 90.0 Å². The fourth-order valence-corrected chi connectivity index (χ4v) is 7.85. The van der Waals surface area contributed by atoms with Gasteiger partial charge in [0.15, 0.2) is 0 Å². The number of pyridine rings is 1. The van der Waals surface area contributed by atoms with Crippen molar-refractivity contribution in [2.45, 2.75) is 37.8 Å². The molecule has 4 aliphatic heterocycles. The highest BCUT2D eigenvalue weighted by molar-refractivity contribution is 6.33. The second-order valence-electron chi connectivity index (χ2n) is 13.3. The number of hydrogen-bond acceptors (Lipinski definition) is 11. The Morgan fingerprint density at radius 2 is 0.944 bits per heavy atom. The van der Waals surface area contributed by atoms with Crippen LogP contribution in [0.4, 0.5) is 11.6 Å². The smallest absolute Gasteiger partial charge is 0.261 e. The molecule has 2 fully saturated rings. The lowest BCUT2D eigenvalue weighted by Gasteiger charge is -2.36. The van der Waals surface area contributed by atoms with Gasteiger partial charge >= 0.3 is 0 Å². The zero-order chi connectivity index (χ0) is 37.3. The summed E-state index contributed by atoms with van der Waals surface area (Å²) in [6.07, 6.45) is 12.6. The van der Waals surface area contributed by atoms with Crippen molar-refractivity contribution in [3.63, 3.8) is 0 Å². The summed E-state index contributed by atoms with van der Waals surface area (Å²) >= 11 is 12.1. The van der Waals surface area contributed by atoms with E-state index in [-0.39, 0.29) is 35.7 Å². The molecule has 4 amide bonds. The molecule has 0 unspecified atom stereocenters. The Hall–Kier alpha value is -5.79. The molecule has 5 aromatic rings. The van der Waals surface area contributed by atoms with E-state index in [2.05, 4.69) is 29.7 Å². The van der Waals surface area contributed by atoms with Crippen LogP contribution in [-0.2, 0) is 0 Å². The van der Waals surface area contributed by atoms with Crippen molar-refractivity contribution in [3.8, 4) is 11.3 Å². The van der Waals surface area contributed by atoms with Crippen LogP contribution in [0.15, 0.2) is 91.8 Å². The van der Waals surface area contributed by atoms with Crippen LogP contribution in [0.5, 0.6) is 0 Å². The zero-order valence-electron chi connectivity index (χ0n) is 28.9. The molecule has 0 atom stereocenters. The first-order chi connectivity index (χ1) is 26.3. The lowest BCUT2D eigenvalue weighted by molar-refractivity contribution is 0.0545. The summed E-state index contributed by atoms with van der Waals surface area (Å²) in [5.41, 5.74) is 3.47. The number of rotatable bonds is 5. The van der Waals surface area contributed by atoms with Crippen LogP contribution in [0.1, 0.15) is 67.1 Å². The predicted octanol–water partition coefficient (Wildman–Crippen LogP) is 5.85. The van der Waals surface area contributed by atoms with Crippen molar-refractivity contribution in [1.82, 2.24) is 34.7 Å². The molecule has 0 radical (unpaired) electrons. The van der Waals surface area contributed by atoms with E-state index >= 15 is 0 Å². The fourth-order valence-electron chi connectivity index (χ4n) is 7.49. The summed E-state index contributed by atoms with van der Waals surface area (Å²) in [4.78, 5) is 79.0. The number of carbonyl (C=O) groups is 4. The molecule has 0 spiro atoms. The third-order valence-electron chi connectivity index (χ3n) is 10.2. The van der Waals surface area contributed by atoms with E-state index < -0.39 is 0 Å². The van der Waals surface area contributed by atoms with Gasteiger partial charge in [-0.3, -0.25) is 43.9 Å². The third-order valence-corrected chi connectivity index (χ3v) is 10.7. The minimum Gasteiger partial charge on any atom is -0.355 e. The second kappa shape index (κ2) is 14.9. The van der Waals surface area contributed by atoms with Crippen LogP contribution in [-0.4, -0.2) is 96.6 Å². The molecule has 272 valence electrons. The number of anilines is 2. The molecule has 0 bridgehead atoms. The van der Waals surface area contributed by atoms with Gasteiger partial charge in [0, 0.05) is 56.2 Å². The van der Waals surface area contributed by atoms with Gasteiger partial charge in [-0.2, -0.15) is 0 Å². The molecule has 54 heavy (non-hydrogen) atoms. The minimum atomic E-state index is -0.192. The van der Waals surface area contributed by atoms with Crippen LogP contribution in [0.3, 0.4) is 0 Å². The minimum absolute atomic E-state index is 0.0826. The highest BCUT2D eigenvalue weighted by Gasteiger charge is 2.42.